The van der Waals surface area contributed by atoms with Crippen LogP contribution in [0.1, 0.15) is 26.7 Å². The zero-order valence-electron chi connectivity index (χ0n) is 9.00. The molecule has 0 radical (unpaired) electrons. The third-order valence-corrected chi connectivity index (χ3v) is 3.36. The van der Waals surface area contributed by atoms with Crippen molar-refractivity contribution < 1.29 is 5.11 Å². The van der Waals surface area contributed by atoms with Crippen molar-refractivity contribution in [2.45, 2.75) is 32.3 Å². The van der Waals surface area contributed by atoms with Crippen LogP contribution in [0, 0.1) is 3.57 Å². The van der Waals surface area contributed by atoms with Gasteiger partial charge < -0.3 is 10.4 Å². The average Bonchev–Trinajstić information content (AvgIpc) is 2.28. The summed E-state index contributed by atoms with van der Waals surface area (Å²) < 4.78 is 0.963. The molecule has 1 heterocycles. The van der Waals surface area contributed by atoms with Crippen LogP contribution in [0.3, 0.4) is 0 Å². The molecule has 0 aliphatic rings. The van der Waals surface area contributed by atoms with Crippen molar-refractivity contribution in [1.82, 2.24) is 9.97 Å². The standard InChI is InChI=1S/C10H16IN3O/c1-3-10(15,4-2)6-13-9-8(11)5-12-7-14-9/h5,7,15H,3-4,6H2,1-2H3,(H,12,13,14). The summed E-state index contributed by atoms with van der Waals surface area (Å²) in [7, 11) is 0. The molecule has 1 aromatic rings. The maximum Gasteiger partial charge on any atom is 0.142 e. The number of hydrogen-bond donors (Lipinski definition) is 2. The molecule has 0 saturated carbocycles. The molecule has 0 unspecified atom stereocenters. The van der Waals surface area contributed by atoms with E-state index in [4.69, 9.17) is 0 Å². The van der Waals surface area contributed by atoms with E-state index < -0.39 is 5.60 Å². The van der Waals surface area contributed by atoms with E-state index in [1.165, 1.54) is 6.33 Å². The van der Waals surface area contributed by atoms with Gasteiger partial charge in [-0.25, -0.2) is 9.97 Å². The predicted octanol–water partition coefficient (Wildman–Crippen LogP) is 2.04. The van der Waals surface area contributed by atoms with E-state index in [-0.39, 0.29) is 0 Å². The van der Waals surface area contributed by atoms with Crippen molar-refractivity contribution in [3.05, 3.63) is 16.1 Å². The van der Waals surface area contributed by atoms with Crippen molar-refractivity contribution >= 4 is 28.4 Å². The molecule has 0 fully saturated rings. The van der Waals surface area contributed by atoms with Crippen molar-refractivity contribution in [3.63, 3.8) is 0 Å². The SMILES string of the molecule is CCC(O)(CC)CNc1ncncc1I. The van der Waals surface area contributed by atoms with Gasteiger partial charge in [0.25, 0.3) is 0 Å². The average molecular weight is 321 g/mol. The van der Waals surface area contributed by atoms with Crippen LogP contribution in [0.15, 0.2) is 12.5 Å². The first-order valence-electron chi connectivity index (χ1n) is 5.03. The van der Waals surface area contributed by atoms with E-state index in [1.54, 1.807) is 6.20 Å². The van der Waals surface area contributed by atoms with Crippen LogP contribution in [-0.4, -0.2) is 27.2 Å². The summed E-state index contributed by atoms with van der Waals surface area (Å²) in [5.74, 6) is 0.783. The molecule has 0 aromatic carbocycles. The van der Waals surface area contributed by atoms with E-state index in [9.17, 15) is 5.11 Å². The first kappa shape index (κ1) is 12.6. The van der Waals surface area contributed by atoms with Crippen LogP contribution in [0.25, 0.3) is 0 Å². The second-order valence-electron chi connectivity index (χ2n) is 3.50. The quantitative estimate of drug-likeness (QED) is 0.815. The molecule has 0 spiro atoms. The summed E-state index contributed by atoms with van der Waals surface area (Å²) in [6.45, 7) is 4.49. The highest BCUT2D eigenvalue weighted by Gasteiger charge is 2.22. The Bertz CT molecular complexity index is 315. The van der Waals surface area contributed by atoms with Crippen molar-refractivity contribution in [2.24, 2.45) is 0 Å². The van der Waals surface area contributed by atoms with Crippen molar-refractivity contribution in [2.75, 3.05) is 11.9 Å². The van der Waals surface area contributed by atoms with Gasteiger partial charge in [-0.05, 0) is 35.4 Å². The Morgan fingerprint density at radius 3 is 2.67 bits per heavy atom. The zero-order valence-corrected chi connectivity index (χ0v) is 11.2. The first-order valence-corrected chi connectivity index (χ1v) is 6.11. The maximum atomic E-state index is 10.1. The first-order chi connectivity index (χ1) is 7.11. The Kier molecular flexibility index (Phi) is 4.72. The van der Waals surface area contributed by atoms with Gasteiger partial charge in [0.2, 0.25) is 0 Å². The highest BCUT2D eigenvalue weighted by atomic mass is 127. The lowest BCUT2D eigenvalue weighted by molar-refractivity contribution is 0.0456. The molecule has 1 rings (SSSR count). The molecule has 0 saturated heterocycles. The molecule has 4 nitrogen and oxygen atoms in total. The normalized spacial score (nSPS) is 11.5. The second-order valence-corrected chi connectivity index (χ2v) is 4.67. The number of nitrogens with zero attached hydrogens (tertiary/aromatic N) is 2. The van der Waals surface area contributed by atoms with Gasteiger partial charge in [-0.3, -0.25) is 0 Å². The number of halogens is 1. The fraction of sp³-hybridized carbons (Fsp3) is 0.600. The second kappa shape index (κ2) is 5.60. The molecule has 0 amide bonds. The highest BCUT2D eigenvalue weighted by molar-refractivity contribution is 14.1. The van der Waals surface area contributed by atoms with Gasteiger partial charge in [-0.1, -0.05) is 13.8 Å². The van der Waals surface area contributed by atoms with E-state index in [1.807, 2.05) is 13.8 Å². The van der Waals surface area contributed by atoms with E-state index in [2.05, 4.69) is 37.9 Å². The van der Waals surface area contributed by atoms with Crippen LogP contribution in [-0.2, 0) is 0 Å². The fourth-order valence-corrected chi connectivity index (χ4v) is 1.68. The third-order valence-electron chi connectivity index (χ3n) is 2.57. The lowest BCUT2D eigenvalue weighted by Crippen LogP contribution is -2.35. The van der Waals surface area contributed by atoms with Gasteiger partial charge in [0.15, 0.2) is 0 Å². The monoisotopic (exact) mass is 321 g/mol. The maximum absolute atomic E-state index is 10.1. The molecular weight excluding hydrogens is 305 g/mol. The van der Waals surface area contributed by atoms with Crippen molar-refractivity contribution in [1.29, 1.82) is 0 Å². The van der Waals surface area contributed by atoms with Crippen molar-refractivity contribution in [3.8, 4) is 0 Å². The number of hydrogen-bond acceptors (Lipinski definition) is 4. The van der Waals surface area contributed by atoms with Crippen LogP contribution in [0.4, 0.5) is 5.82 Å². The Labute approximate surface area is 104 Å². The van der Waals surface area contributed by atoms with Gasteiger partial charge in [0.05, 0.1) is 9.17 Å². The molecule has 2 N–H and O–H groups in total. The molecule has 84 valence electrons. The molecule has 15 heavy (non-hydrogen) atoms. The molecule has 5 heteroatoms. The Morgan fingerprint density at radius 1 is 1.47 bits per heavy atom. The minimum atomic E-state index is -0.645. The summed E-state index contributed by atoms with van der Waals surface area (Å²) >= 11 is 2.17. The number of aliphatic hydroxyl groups is 1. The molecule has 0 aliphatic heterocycles. The van der Waals surface area contributed by atoms with Gasteiger partial charge in [-0.15, -0.1) is 0 Å². The molecule has 1 aromatic heterocycles. The van der Waals surface area contributed by atoms with Crippen LogP contribution in [0.2, 0.25) is 0 Å². The number of rotatable bonds is 5. The Balaban J connectivity index is 2.61. The molecule has 0 bridgehead atoms. The van der Waals surface area contributed by atoms with Crippen LogP contribution < -0.4 is 5.32 Å². The lowest BCUT2D eigenvalue weighted by atomic mass is 9.98. The van der Waals surface area contributed by atoms with Gasteiger partial charge >= 0.3 is 0 Å². The smallest absolute Gasteiger partial charge is 0.142 e. The summed E-state index contributed by atoms with van der Waals surface area (Å²) in [6, 6.07) is 0. The molecule has 0 atom stereocenters. The minimum absolute atomic E-state index is 0.521. The number of nitrogens with one attached hydrogen (secondary N) is 1. The minimum Gasteiger partial charge on any atom is -0.388 e. The Hall–Kier alpha value is -0.430. The predicted molar refractivity (Wildman–Crippen MR) is 68.8 cm³/mol. The fourth-order valence-electron chi connectivity index (χ4n) is 1.19. The summed E-state index contributed by atoms with van der Waals surface area (Å²) in [6.07, 6.45) is 4.71. The Morgan fingerprint density at radius 2 is 2.13 bits per heavy atom. The van der Waals surface area contributed by atoms with Gasteiger partial charge in [-0.2, -0.15) is 0 Å². The number of aromatic nitrogens is 2. The molecular formula is C10H16IN3O. The van der Waals surface area contributed by atoms with E-state index >= 15 is 0 Å². The van der Waals surface area contributed by atoms with Crippen LogP contribution in [0.5, 0.6) is 0 Å². The lowest BCUT2D eigenvalue weighted by Gasteiger charge is -2.25. The molecule has 0 aliphatic carbocycles. The van der Waals surface area contributed by atoms with E-state index in [0.717, 1.165) is 22.2 Å². The zero-order chi connectivity index (χ0) is 11.3. The number of anilines is 1. The van der Waals surface area contributed by atoms with Gasteiger partial charge in [0.1, 0.15) is 12.1 Å². The topological polar surface area (TPSA) is 58.0 Å². The van der Waals surface area contributed by atoms with Crippen LogP contribution >= 0.6 is 22.6 Å². The summed E-state index contributed by atoms with van der Waals surface area (Å²) in [4.78, 5) is 8.02. The summed E-state index contributed by atoms with van der Waals surface area (Å²) in [5.41, 5.74) is -0.645. The van der Waals surface area contributed by atoms with Gasteiger partial charge in [0, 0.05) is 12.7 Å². The summed E-state index contributed by atoms with van der Waals surface area (Å²) in [5, 5.41) is 13.2. The van der Waals surface area contributed by atoms with E-state index in [0.29, 0.717) is 6.54 Å². The largest absolute Gasteiger partial charge is 0.388 e. The third kappa shape index (κ3) is 3.57. The highest BCUT2D eigenvalue weighted by Crippen LogP contribution is 2.17.